The van der Waals surface area contributed by atoms with Gasteiger partial charge in [-0.1, -0.05) is 60.7 Å². The molecule has 1 aromatic carbocycles. The van der Waals surface area contributed by atoms with E-state index in [-0.39, 0.29) is 5.41 Å². The van der Waals surface area contributed by atoms with Crippen LogP contribution < -0.4 is 0 Å². The van der Waals surface area contributed by atoms with Crippen molar-refractivity contribution < 1.29 is 0 Å². The first-order valence-electron chi connectivity index (χ1n) is 7.15. The van der Waals surface area contributed by atoms with Crippen LogP contribution in [-0.2, 0) is 5.41 Å². The number of hydrogen-bond acceptors (Lipinski definition) is 1. The van der Waals surface area contributed by atoms with Gasteiger partial charge in [-0.15, -0.1) is 0 Å². The standard InChI is InChI=1S/C19H19N/c1-19(17-11-6-3-7-12-17)14-8-13-18(20-15-19)16-9-4-2-5-10-16/h3-4,6-15H,2,5H2,1H3. The first-order valence-corrected chi connectivity index (χ1v) is 7.15. The van der Waals surface area contributed by atoms with Crippen LogP contribution in [0.4, 0.5) is 0 Å². The highest BCUT2D eigenvalue weighted by atomic mass is 14.7. The SMILES string of the molecule is CC1(c2ccccc2)C=CC=C(C2=CCCC=C2)N=C1. The first-order chi connectivity index (χ1) is 9.78. The fraction of sp³-hybridized carbons (Fsp3) is 0.211. The van der Waals surface area contributed by atoms with E-state index in [1.54, 1.807) is 0 Å². The Labute approximate surface area is 120 Å². The van der Waals surface area contributed by atoms with E-state index in [1.165, 1.54) is 11.1 Å². The molecule has 0 radical (unpaired) electrons. The normalized spacial score (nSPS) is 25.1. The molecule has 0 aromatic heterocycles. The Morgan fingerprint density at radius 1 is 1.10 bits per heavy atom. The minimum Gasteiger partial charge on any atom is -0.259 e. The minimum absolute atomic E-state index is 0.140. The molecule has 0 fully saturated rings. The second kappa shape index (κ2) is 5.46. The molecular formula is C19H19N. The Morgan fingerprint density at radius 3 is 2.70 bits per heavy atom. The summed E-state index contributed by atoms with van der Waals surface area (Å²) in [6.45, 7) is 2.20. The van der Waals surface area contributed by atoms with Crippen LogP contribution in [0.15, 0.2) is 83.1 Å². The van der Waals surface area contributed by atoms with Crippen molar-refractivity contribution in [1.29, 1.82) is 0 Å². The predicted molar refractivity (Wildman–Crippen MR) is 86.0 cm³/mol. The Morgan fingerprint density at radius 2 is 1.95 bits per heavy atom. The topological polar surface area (TPSA) is 12.4 Å². The van der Waals surface area contributed by atoms with E-state index in [2.05, 4.69) is 73.9 Å². The third-order valence-corrected chi connectivity index (χ3v) is 3.85. The van der Waals surface area contributed by atoms with Gasteiger partial charge < -0.3 is 0 Å². The van der Waals surface area contributed by atoms with Crippen LogP contribution in [0, 0.1) is 0 Å². The molecule has 3 rings (SSSR count). The molecular weight excluding hydrogens is 242 g/mol. The van der Waals surface area contributed by atoms with Crippen LogP contribution in [0.5, 0.6) is 0 Å². The Kier molecular flexibility index (Phi) is 3.51. The lowest BCUT2D eigenvalue weighted by Gasteiger charge is -2.20. The summed E-state index contributed by atoms with van der Waals surface area (Å²) in [5.41, 5.74) is 3.41. The van der Waals surface area contributed by atoms with Crippen molar-refractivity contribution in [2.24, 2.45) is 4.99 Å². The van der Waals surface area contributed by atoms with Gasteiger partial charge in [-0.3, -0.25) is 4.99 Å². The molecule has 1 aliphatic carbocycles. The Bertz CT molecular complexity index is 629. The molecule has 1 nitrogen and oxygen atoms in total. The van der Waals surface area contributed by atoms with Crippen molar-refractivity contribution in [2.75, 3.05) is 0 Å². The van der Waals surface area contributed by atoms with E-state index in [9.17, 15) is 0 Å². The number of aliphatic imine (C=N–C) groups is 1. The largest absolute Gasteiger partial charge is 0.259 e. The molecule has 0 bridgehead atoms. The highest BCUT2D eigenvalue weighted by Gasteiger charge is 2.22. The van der Waals surface area contributed by atoms with Gasteiger partial charge in [0.15, 0.2) is 0 Å². The number of nitrogens with zero attached hydrogens (tertiary/aromatic N) is 1. The molecule has 1 aromatic rings. The summed E-state index contributed by atoms with van der Waals surface area (Å²) in [5.74, 6) is 0. The highest BCUT2D eigenvalue weighted by Crippen LogP contribution is 2.28. The molecule has 0 saturated carbocycles. The van der Waals surface area contributed by atoms with Gasteiger partial charge in [0.25, 0.3) is 0 Å². The van der Waals surface area contributed by atoms with Crippen LogP contribution in [-0.4, -0.2) is 6.21 Å². The van der Waals surface area contributed by atoms with Crippen molar-refractivity contribution in [3.8, 4) is 0 Å². The molecule has 1 heteroatoms. The van der Waals surface area contributed by atoms with Gasteiger partial charge in [0.1, 0.15) is 0 Å². The third-order valence-electron chi connectivity index (χ3n) is 3.85. The van der Waals surface area contributed by atoms with E-state index in [0.29, 0.717) is 0 Å². The molecule has 2 aliphatic rings. The van der Waals surface area contributed by atoms with Crippen molar-refractivity contribution >= 4 is 6.21 Å². The zero-order valence-electron chi connectivity index (χ0n) is 11.8. The number of benzene rings is 1. The van der Waals surface area contributed by atoms with Crippen molar-refractivity contribution in [3.63, 3.8) is 0 Å². The van der Waals surface area contributed by atoms with Crippen molar-refractivity contribution in [3.05, 3.63) is 83.6 Å². The molecule has 0 saturated heterocycles. The fourth-order valence-electron chi connectivity index (χ4n) is 2.57. The predicted octanol–water partition coefficient (Wildman–Crippen LogP) is 4.75. The van der Waals surface area contributed by atoms with Gasteiger partial charge in [-0.25, -0.2) is 0 Å². The van der Waals surface area contributed by atoms with Crippen LogP contribution in [0.25, 0.3) is 0 Å². The monoisotopic (exact) mass is 261 g/mol. The lowest BCUT2D eigenvalue weighted by atomic mass is 9.83. The molecule has 1 unspecified atom stereocenters. The molecule has 0 spiro atoms. The molecule has 1 aliphatic heterocycles. The maximum Gasteiger partial charge on any atom is 0.0695 e. The van der Waals surface area contributed by atoms with Crippen LogP contribution >= 0.6 is 0 Å². The second-order valence-electron chi connectivity index (χ2n) is 5.46. The smallest absolute Gasteiger partial charge is 0.0695 e. The summed E-state index contributed by atoms with van der Waals surface area (Å²) in [4.78, 5) is 4.73. The summed E-state index contributed by atoms with van der Waals surface area (Å²) in [6, 6.07) is 10.5. The van der Waals surface area contributed by atoms with Gasteiger partial charge in [0.2, 0.25) is 0 Å². The lowest BCUT2D eigenvalue weighted by Crippen LogP contribution is -2.20. The molecule has 0 N–H and O–H groups in total. The summed E-state index contributed by atoms with van der Waals surface area (Å²) in [5, 5.41) is 0. The van der Waals surface area contributed by atoms with E-state index in [0.717, 1.165) is 18.5 Å². The average Bonchev–Trinajstić information content (AvgIpc) is 2.72. The van der Waals surface area contributed by atoms with E-state index >= 15 is 0 Å². The maximum absolute atomic E-state index is 4.73. The molecule has 1 heterocycles. The average molecular weight is 261 g/mol. The quantitative estimate of drug-likeness (QED) is 0.728. The van der Waals surface area contributed by atoms with Gasteiger partial charge >= 0.3 is 0 Å². The van der Waals surface area contributed by atoms with Gasteiger partial charge in [-0.05, 0) is 37.0 Å². The first kappa shape index (κ1) is 12.9. The second-order valence-corrected chi connectivity index (χ2v) is 5.46. The number of allylic oxidation sites excluding steroid dienone is 6. The zero-order chi connectivity index (χ0) is 13.8. The summed E-state index contributed by atoms with van der Waals surface area (Å²) in [6.07, 6.45) is 17.4. The van der Waals surface area contributed by atoms with Crippen LogP contribution in [0.3, 0.4) is 0 Å². The third kappa shape index (κ3) is 2.57. The Balaban J connectivity index is 1.91. The van der Waals surface area contributed by atoms with Crippen LogP contribution in [0.1, 0.15) is 25.3 Å². The van der Waals surface area contributed by atoms with E-state index in [4.69, 9.17) is 4.99 Å². The lowest BCUT2D eigenvalue weighted by molar-refractivity contribution is 0.829. The van der Waals surface area contributed by atoms with Gasteiger partial charge in [0.05, 0.1) is 5.70 Å². The van der Waals surface area contributed by atoms with E-state index < -0.39 is 0 Å². The van der Waals surface area contributed by atoms with Crippen LogP contribution in [0.2, 0.25) is 0 Å². The number of hydrogen-bond donors (Lipinski definition) is 0. The van der Waals surface area contributed by atoms with Gasteiger partial charge in [0, 0.05) is 11.6 Å². The number of rotatable bonds is 2. The summed E-state index contributed by atoms with van der Waals surface area (Å²) < 4.78 is 0. The maximum atomic E-state index is 4.73. The molecule has 20 heavy (non-hydrogen) atoms. The van der Waals surface area contributed by atoms with E-state index in [1.807, 2.05) is 6.07 Å². The highest BCUT2D eigenvalue weighted by molar-refractivity contribution is 5.78. The van der Waals surface area contributed by atoms with Crippen molar-refractivity contribution in [2.45, 2.75) is 25.2 Å². The molecule has 0 amide bonds. The Hall–Kier alpha value is -2.15. The summed E-state index contributed by atoms with van der Waals surface area (Å²) >= 11 is 0. The molecule has 100 valence electrons. The fourth-order valence-corrected chi connectivity index (χ4v) is 2.57. The summed E-state index contributed by atoms with van der Waals surface area (Å²) in [7, 11) is 0. The minimum atomic E-state index is -0.140. The van der Waals surface area contributed by atoms with Crippen molar-refractivity contribution in [1.82, 2.24) is 0 Å². The molecule has 1 atom stereocenters. The van der Waals surface area contributed by atoms with Gasteiger partial charge in [-0.2, -0.15) is 0 Å². The zero-order valence-corrected chi connectivity index (χ0v) is 11.8.